The fraction of sp³-hybridized carbons (Fsp3) is 0.0909. The van der Waals surface area contributed by atoms with Gasteiger partial charge in [-0.15, -0.1) is 0 Å². The van der Waals surface area contributed by atoms with Crippen LogP contribution < -0.4 is 0 Å². The van der Waals surface area contributed by atoms with E-state index in [2.05, 4.69) is 11.4 Å². The molecule has 0 aliphatic heterocycles. The Morgan fingerprint density at radius 3 is 2.56 bits per heavy atom. The molecule has 0 aromatic heterocycles. The van der Waals surface area contributed by atoms with Crippen LogP contribution in [-0.4, -0.2) is 28.0 Å². The number of carbonyl (C=O) groups excluding carboxylic acids is 1. The Hall–Kier alpha value is -2.79. The van der Waals surface area contributed by atoms with Gasteiger partial charge in [0.25, 0.3) is 5.69 Å². The summed E-state index contributed by atoms with van der Waals surface area (Å²) < 4.78 is 4.69. The van der Waals surface area contributed by atoms with Crippen molar-refractivity contribution < 1.29 is 19.2 Å². The third-order valence-corrected chi connectivity index (χ3v) is 1.98. The van der Waals surface area contributed by atoms with Crippen LogP contribution in [-0.2, 0) is 9.53 Å². The topological polar surface area (TPSA) is 106 Å². The van der Waals surface area contributed by atoms with E-state index in [1.54, 1.807) is 0 Å². The second-order valence-electron chi connectivity index (χ2n) is 3.14. The van der Waals surface area contributed by atoms with E-state index in [9.17, 15) is 14.9 Å². The molecule has 0 N–H and O–H groups in total. The Morgan fingerprint density at radius 1 is 1.50 bits per heavy atom. The lowest BCUT2D eigenvalue weighted by Crippen LogP contribution is -2.19. The SMILES string of the molecule is C=CCOC(=O)C(=[N+]=[N-])c1ccc([N+](=O)[O-])cc1. The molecule has 0 amide bonds. The lowest BCUT2D eigenvalue weighted by molar-refractivity contribution is -0.384. The van der Waals surface area contributed by atoms with Crippen molar-refractivity contribution in [2.75, 3.05) is 6.61 Å². The number of rotatable bonds is 5. The molecule has 7 nitrogen and oxygen atoms in total. The first-order chi connectivity index (χ1) is 8.60. The summed E-state index contributed by atoms with van der Waals surface area (Å²) in [6.45, 7) is 3.34. The first-order valence-electron chi connectivity index (χ1n) is 4.85. The van der Waals surface area contributed by atoms with E-state index in [1.165, 1.54) is 30.3 Å². The van der Waals surface area contributed by atoms with Crippen LogP contribution in [0.15, 0.2) is 36.9 Å². The van der Waals surface area contributed by atoms with E-state index in [1.807, 2.05) is 0 Å². The molecule has 0 atom stereocenters. The maximum Gasteiger partial charge on any atom is 0.422 e. The Labute approximate surface area is 102 Å². The lowest BCUT2D eigenvalue weighted by Gasteiger charge is -1.98. The number of hydrogen-bond acceptors (Lipinski definition) is 4. The van der Waals surface area contributed by atoms with E-state index < -0.39 is 10.9 Å². The molecule has 7 heteroatoms. The van der Waals surface area contributed by atoms with E-state index in [4.69, 9.17) is 10.3 Å². The minimum absolute atomic E-state index is 0.0230. The van der Waals surface area contributed by atoms with Gasteiger partial charge in [0.15, 0.2) is 0 Å². The first kappa shape index (κ1) is 13.3. The predicted octanol–water partition coefficient (Wildman–Crippen LogP) is 1.34. The average molecular weight is 247 g/mol. The van der Waals surface area contributed by atoms with Crippen molar-refractivity contribution >= 4 is 17.4 Å². The fourth-order valence-corrected chi connectivity index (χ4v) is 1.16. The van der Waals surface area contributed by atoms with Gasteiger partial charge in [0.1, 0.15) is 6.61 Å². The van der Waals surface area contributed by atoms with Gasteiger partial charge in [-0.2, -0.15) is 4.79 Å². The highest BCUT2D eigenvalue weighted by atomic mass is 16.6. The highest BCUT2D eigenvalue weighted by Gasteiger charge is 2.24. The zero-order valence-electron chi connectivity index (χ0n) is 9.28. The number of nitrogens with zero attached hydrogens (tertiary/aromatic N) is 3. The fourth-order valence-electron chi connectivity index (χ4n) is 1.16. The third-order valence-electron chi connectivity index (χ3n) is 1.98. The quantitative estimate of drug-likeness (QED) is 0.149. The first-order valence-corrected chi connectivity index (χ1v) is 4.85. The number of nitro benzene ring substituents is 1. The predicted molar refractivity (Wildman–Crippen MR) is 62.0 cm³/mol. The number of carbonyl (C=O) groups is 1. The summed E-state index contributed by atoms with van der Waals surface area (Å²) in [5.41, 5.74) is 8.52. The highest BCUT2D eigenvalue weighted by molar-refractivity contribution is 6.40. The van der Waals surface area contributed by atoms with Crippen molar-refractivity contribution in [2.45, 2.75) is 0 Å². The van der Waals surface area contributed by atoms with Gasteiger partial charge in [-0.25, -0.2) is 4.79 Å². The van der Waals surface area contributed by atoms with Gasteiger partial charge in [0.2, 0.25) is 0 Å². The number of nitro groups is 1. The molecule has 1 aromatic rings. The minimum atomic E-state index is -0.841. The average Bonchev–Trinajstić information content (AvgIpc) is 2.37. The van der Waals surface area contributed by atoms with Crippen molar-refractivity contribution in [2.24, 2.45) is 0 Å². The maximum atomic E-state index is 11.5. The van der Waals surface area contributed by atoms with Crippen LogP contribution in [0.4, 0.5) is 5.69 Å². The maximum absolute atomic E-state index is 11.5. The van der Waals surface area contributed by atoms with E-state index >= 15 is 0 Å². The standard InChI is InChI=1S/C11H9N3O4/c1-2-7-18-11(15)10(13-12)8-3-5-9(6-4-8)14(16)17/h2-6H,1,7H2. The molecule has 0 spiro atoms. The van der Waals surface area contributed by atoms with E-state index in [-0.39, 0.29) is 23.6 Å². The molecule has 18 heavy (non-hydrogen) atoms. The molecule has 0 bridgehead atoms. The normalized spacial score (nSPS) is 9.11. The van der Waals surface area contributed by atoms with Crippen molar-refractivity contribution in [3.63, 3.8) is 0 Å². The van der Waals surface area contributed by atoms with Crippen LogP contribution in [0.25, 0.3) is 5.53 Å². The second-order valence-corrected chi connectivity index (χ2v) is 3.14. The largest absolute Gasteiger partial charge is 0.453 e. The van der Waals surface area contributed by atoms with E-state index in [0.717, 1.165) is 0 Å². The molecule has 1 rings (SSSR count). The number of benzene rings is 1. The number of ether oxygens (including phenoxy) is 1. The van der Waals surface area contributed by atoms with Crippen LogP contribution in [0.5, 0.6) is 0 Å². The summed E-state index contributed by atoms with van der Waals surface area (Å²) in [4.78, 5) is 24.2. The van der Waals surface area contributed by atoms with Gasteiger partial charge in [0.05, 0.1) is 10.5 Å². The summed E-state index contributed by atoms with van der Waals surface area (Å²) in [7, 11) is 0. The Bertz CT molecular complexity index is 530. The summed E-state index contributed by atoms with van der Waals surface area (Å²) in [5.74, 6) is -0.841. The van der Waals surface area contributed by atoms with Gasteiger partial charge in [-0.05, 0) is 12.1 Å². The number of esters is 1. The van der Waals surface area contributed by atoms with Crippen molar-refractivity contribution in [3.8, 4) is 0 Å². The molecule has 0 fully saturated rings. The molecule has 0 aliphatic rings. The third kappa shape index (κ3) is 3.10. The molecule has 0 radical (unpaired) electrons. The number of non-ortho nitro benzene ring substituents is 1. The zero-order chi connectivity index (χ0) is 13.5. The van der Waals surface area contributed by atoms with Crippen LogP contribution >= 0.6 is 0 Å². The highest BCUT2D eigenvalue weighted by Crippen LogP contribution is 2.12. The zero-order valence-corrected chi connectivity index (χ0v) is 9.28. The summed E-state index contributed by atoms with van der Waals surface area (Å²) in [6.07, 6.45) is 1.36. The van der Waals surface area contributed by atoms with Gasteiger partial charge >= 0.3 is 11.7 Å². The monoisotopic (exact) mass is 247 g/mol. The summed E-state index contributed by atoms with van der Waals surface area (Å²) in [6, 6.07) is 4.98. The van der Waals surface area contributed by atoms with Crippen LogP contribution in [0.3, 0.4) is 0 Å². The molecular formula is C11H9N3O4. The van der Waals surface area contributed by atoms with Gasteiger partial charge in [-0.3, -0.25) is 10.1 Å². The smallest absolute Gasteiger partial charge is 0.422 e. The second kappa shape index (κ2) is 6.07. The van der Waals surface area contributed by atoms with Crippen LogP contribution in [0.2, 0.25) is 0 Å². The molecule has 0 unspecified atom stereocenters. The molecular weight excluding hydrogens is 238 g/mol. The van der Waals surface area contributed by atoms with Gasteiger partial charge in [0, 0.05) is 12.1 Å². The van der Waals surface area contributed by atoms with Gasteiger partial charge < -0.3 is 10.3 Å². The van der Waals surface area contributed by atoms with E-state index in [0.29, 0.717) is 0 Å². The Balaban J connectivity index is 2.96. The van der Waals surface area contributed by atoms with Crippen molar-refractivity contribution in [1.29, 1.82) is 0 Å². The molecule has 0 saturated carbocycles. The minimum Gasteiger partial charge on any atom is -0.453 e. The van der Waals surface area contributed by atoms with Crippen molar-refractivity contribution in [3.05, 3.63) is 58.1 Å². The molecule has 0 aliphatic carbocycles. The van der Waals surface area contributed by atoms with Gasteiger partial charge in [-0.1, -0.05) is 12.7 Å². The van der Waals surface area contributed by atoms with Crippen LogP contribution in [0, 0.1) is 10.1 Å². The Morgan fingerprint density at radius 2 is 2.11 bits per heavy atom. The van der Waals surface area contributed by atoms with Crippen LogP contribution in [0.1, 0.15) is 5.56 Å². The molecule has 92 valence electrons. The summed E-state index contributed by atoms with van der Waals surface area (Å²) in [5, 5.41) is 10.5. The number of hydrogen-bond donors (Lipinski definition) is 0. The molecule has 0 heterocycles. The summed E-state index contributed by atoms with van der Waals surface area (Å²) >= 11 is 0. The molecule has 0 saturated heterocycles. The Kier molecular flexibility index (Phi) is 4.48. The lowest BCUT2D eigenvalue weighted by atomic mass is 10.1. The molecule has 1 aromatic carbocycles. The van der Waals surface area contributed by atoms with Crippen molar-refractivity contribution in [1.82, 2.24) is 0 Å².